The summed E-state index contributed by atoms with van der Waals surface area (Å²) in [7, 11) is 1.55. The number of phenols is 1. The van der Waals surface area contributed by atoms with E-state index < -0.39 is 28.6 Å². The molecule has 2 aromatic heterocycles. The number of aromatic nitrogens is 2. The van der Waals surface area contributed by atoms with Crippen molar-refractivity contribution in [3.05, 3.63) is 77.1 Å². The molecule has 4 rings (SSSR count). The summed E-state index contributed by atoms with van der Waals surface area (Å²) in [4.78, 5) is 43.6. The molecule has 0 bridgehead atoms. The molecule has 43 heavy (non-hydrogen) atoms. The maximum absolute atomic E-state index is 16.0. The molecule has 0 aliphatic carbocycles. The predicted octanol–water partition coefficient (Wildman–Crippen LogP) is 5.26. The Balaban J connectivity index is 2.00. The molecule has 1 aromatic carbocycles. The van der Waals surface area contributed by atoms with Gasteiger partial charge in [0.05, 0.1) is 22.5 Å². The van der Waals surface area contributed by atoms with Crippen molar-refractivity contribution in [2.45, 2.75) is 46.6 Å². The first-order valence-corrected chi connectivity index (χ1v) is 14.0. The van der Waals surface area contributed by atoms with E-state index in [1.54, 1.807) is 31.1 Å². The van der Waals surface area contributed by atoms with E-state index in [4.69, 9.17) is 0 Å². The number of benzene rings is 1. The highest BCUT2D eigenvalue weighted by molar-refractivity contribution is 6.07. The summed E-state index contributed by atoms with van der Waals surface area (Å²) in [5, 5.41) is 10.8. The third-order valence-corrected chi connectivity index (χ3v) is 7.64. The SMILES string of the molecule is C=CC(=O)N1CCN(/C(=N/C)c2cc(F)c(-c3c(F)ccc(C)c3O)nc2N(C=O)c2c(C)ccnc2C(C)C)C(C)C1. The number of anilines is 2. The number of aliphatic imine (C=N–C) groups is 1. The van der Waals surface area contributed by atoms with E-state index in [0.717, 1.165) is 12.1 Å². The summed E-state index contributed by atoms with van der Waals surface area (Å²) in [6.45, 7) is 13.8. The number of amidine groups is 1. The summed E-state index contributed by atoms with van der Waals surface area (Å²) in [5.74, 6) is -2.20. The first-order valence-electron chi connectivity index (χ1n) is 14.0. The quantitative estimate of drug-likeness (QED) is 0.174. The highest BCUT2D eigenvalue weighted by Crippen LogP contribution is 2.40. The van der Waals surface area contributed by atoms with Crippen LogP contribution in [0.1, 0.15) is 49.1 Å². The topological polar surface area (TPSA) is 102 Å². The molecule has 1 fully saturated rings. The minimum absolute atomic E-state index is 0.0119. The Morgan fingerprint density at radius 2 is 1.91 bits per heavy atom. The molecule has 1 unspecified atom stereocenters. The molecule has 226 valence electrons. The highest BCUT2D eigenvalue weighted by atomic mass is 19.1. The average Bonchev–Trinajstić information content (AvgIpc) is 2.98. The molecular weight excluding hydrogens is 554 g/mol. The number of piperazine rings is 1. The second-order valence-corrected chi connectivity index (χ2v) is 10.8. The van der Waals surface area contributed by atoms with Crippen LogP contribution in [0.4, 0.5) is 20.3 Å². The Morgan fingerprint density at radius 3 is 2.51 bits per heavy atom. The van der Waals surface area contributed by atoms with Crippen molar-refractivity contribution >= 4 is 29.7 Å². The average molecular weight is 591 g/mol. The number of nitrogens with zero attached hydrogens (tertiary/aromatic N) is 6. The number of hydrogen-bond donors (Lipinski definition) is 1. The second-order valence-electron chi connectivity index (χ2n) is 10.8. The molecule has 2 amide bonds. The van der Waals surface area contributed by atoms with E-state index >= 15 is 8.78 Å². The molecule has 11 heteroatoms. The molecule has 1 aliphatic rings. The zero-order chi connectivity index (χ0) is 31.6. The van der Waals surface area contributed by atoms with E-state index in [-0.39, 0.29) is 29.2 Å². The summed E-state index contributed by atoms with van der Waals surface area (Å²) < 4.78 is 31.2. The molecule has 9 nitrogen and oxygen atoms in total. The van der Waals surface area contributed by atoms with Gasteiger partial charge in [0, 0.05) is 38.9 Å². The number of aryl methyl sites for hydroxylation is 2. The van der Waals surface area contributed by atoms with Crippen LogP contribution in [-0.2, 0) is 9.59 Å². The van der Waals surface area contributed by atoms with Crippen LogP contribution in [-0.4, -0.2) is 75.8 Å². The maximum atomic E-state index is 16.0. The number of hydrogen-bond acceptors (Lipinski definition) is 6. The van der Waals surface area contributed by atoms with Gasteiger partial charge < -0.3 is 14.9 Å². The maximum Gasteiger partial charge on any atom is 0.246 e. The van der Waals surface area contributed by atoms with Gasteiger partial charge in [0.1, 0.15) is 23.1 Å². The third-order valence-electron chi connectivity index (χ3n) is 7.64. The van der Waals surface area contributed by atoms with Crippen molar-refractivity contribution in [2.24, 2.45) is 4.99 Å². The standard InChI is InChI=1S/C32H36F2N6O3/c1-8-25(42)38-13-14-39(21(6)16-38)31(35-7)22-15-24(34)28(26-23(33)10-9-20(5)30(26)43)37-32(22)40(17-41)29-19(4)11-12-36-27(29)18(2)3/h8-12,15,17-18,21,43H,1,13-14,16H2,2-7H3/b35-31+. The summed E-state index contributed by atoms with van der Waals surface area (Å²) in [6.07, 6.45) is 3.47. The van der Waals surface area contributed by atoms with E-state index in [9.17, 15) is 14.7 Å². The minimum atomic E-state index is -0.911. The summed E-state index contributed by atoms with van der Waals surface area (Å²) >= 11 is 0. The summed E-state index contributed by atoms with van der Waals surface area (Å²) in [5.41, 5.74) is 1.42. The van der Waals surface area contributed by atoms with E-state index in [0.29, 0.717) is 54.4 Å². The zero-order valence-electron chi connectivity index (χ0n) is 25.2. The van der Waals surface area contributed by atoms with Gasteiger partial charge in [-0.2, -0.15) is 0 Å². The Morgan fingerprint density at radius 1 is 1.19 bits per heavy atom. The van der Waals surface area contributed by atoms with Gasteiger partial charge in [0.15, 0.2) is 11.6 Å². The van der Waals surface area contributed by atoms with Gasteiger partial charge in [-0.25, -0.2) is 13.8 Å². The molecule has 1 aliphatic heterocycles. The van der Waals surface area contributed by atoms with Crippen molar-refractivity contribution in [3.63, 3.8) is 0 Å². The van der Waals surface area contributed by atoms with Crippen molar-refractivity contribution in [1.29, 1.82) is 0 Å². The molecular formula is C32H36F2N6O3. The van der Waals surface area contributed by atoms with Crippen LogP contribution < -0.4 is 4.90 Å². The lowest BCUT2D eigenvalue weighted by atomic mass is 10.0. The van der Waals surface area contributed by atoms with Gasteiger partial charge in [-0.15, -0.1) is 0 Å². The Labute approximate surface area is 250 Å². The van der Waals surface area contributed by atoms with Gasteiger partial charge in [-0.1, -0.05) is 26.5 Å². The molecule has 1 N–H and O–H groups in total. The number of phenolic OH excluding ortho intramolecular Hbond substituents is 1. The van der Waals surface area contributed by atoms with Crippen molar-refractivity contribution in [2.75, 3.05) is 31.6 Å². The smallest absolute Gasteiger partial charge is 0.246 e. The number of aromatic hydroxyl groups is 1. The van der Waals surface area contributed by atoms with Gasteiger partial charge >= 0.3 is 0 Å². The Bertz CT molecular complexity index is 1610. The van der Waals surface area contributed by atoms with E-state index in [1.165, 1.54) is 17.0 Å². The lowest BCUT2D eigenvalue weighted by Crippen LogP contribution is -2.55. The molecule has 3 aromatic rings. The van der Waals surface area contributed by atoms with Crippen LogP contribution in [0.25, 0.3) is 11.3 Å². The number of carbonyl (C=O) groups is 2. The van der Waals surface area contributed by atoms with Gasteiger partial charge in [0.25, 0.3) is 0 Å². The fourth-order valence-electron chi connectivity index (χ4n) is 5.42. The minimum Gasteiger partial charge on any atom is -0.507 e. The van der Waals surface area contributed by atoms with Gasteiger partial charge in [-0.05, 0) is 62.1 Å². The van der Waals surface area contributed by atoms with E-state index in [2.05, 4.69) is 21.5 Å². The lowest BCUT2D eigenvalue weighted by molar-refractivity contribution is -0.128. The molecule has 1 saturated heterocycles. The molecule has 0 spiro atoms. The number of carbonyl (C=O) groups excluding carboxylic acids is 2. The van der Waals surface area contributed by atoms with Crippen LogP contribution in [0.5, 0.6) is 5.75 Å². The third kappa shape index (κ3) is 5.84. The van der Waals surface area contributed by atoms with Crippen LogP contribution in [0.3, 0.4) is 0 Å². The Hall–Kier alpha value is -4.67. The predicted molar refractivity (Wildman–Crippen MR) is 163 cm³/mol. The molecule has 0 saturated carbocycles. The highest BCUT2D eigenvalue weighted by Gasteiger charge is 2.33. The molecule has 0 radical (unpaired) electrons. The fourth-order valence-corrected chi connectivity index (χ4v) is 5.42. The van der Waals surface area contributed by atoms with Crippen LogP contribution in [0.15, 0.2) is 48.1 Å². The van der Waals surface area contributed by atoms with Crippen LogP contribution >= 0.6 is 0 Å². The Kier molecular flexibility index (Phi) is 9.22. The van der Waals surface area contributed by atoms with Crippen molar-refractivity contribution in [1.82, 2.24) is 19.8 Å². The molecule has 3 heterocycles. The fraction of sp³-hybridized carbons (Fsp3) is 0.344. The first-order chi connectivity index (χ1) is 20.4. The van der Waals surface area contributed by atoms with Crippen molar-refractivity contribution in [3.8, 4) is 17.0 Å². The first kappa shape index (κ1) is 31.3. The van der Waals surface area contributed by atoms with Crippen LogP contribution in [0, 0.1) is 25.5 Å². The second kappa shape index (κ2) is 12.7. The lowest BCUT2D eigenvalue weighted by Gasteiger charge is -2.41. The van der Waals surface area contributed by atoms with Crippen molar-refractivity contribution < 1.29 is 23.5 Å². The summed E-state index contributed by atoms with van der Waals surface area (Å²) in [6, 6.07) is 5.19. The monoisotopic (exact) mass is 590 g/mol. The van der Waals surface area contributed by atoms with E-state index in [1.807, 2.05) is 32.6 Å². The zero-order valence-corrected chi connectivity index (χ0v) is 25.2. The van der Waals surface area contributed by atoms with Gasteiger partial charge in [-0.3, -0.25) is 24.5 Å². The molecule has 1 atom stereocenters. The number of rotatable bonds is 7. The number of halogens is 2. The number of pyridine rings is 2. The largest absolute Gasteiger partial charge is 0.507 e. The van der Waals surface area contributed by atoms with Gasteiger partial charge in [0.2, 0.25) is 12.3 Å². The number of amides is 2. The van der Waals surface area contributed by atoms with Crippen LogP contribution in [0.2, 0.25) is 0 Å². The normalized spacial score (nSPS) is 15.6.